The molecule has 0 aliphatic rings. The number of H-pyrrole nitrogens is 1. The monoisotopic (exact) mass is 178 g/mol. The fourth-order valence-corrected chi connectivity index (χ4v) is 1.18. The zero-order chi connectivity index (χ0) is 8.23. The molecule has 0 aromatic carbocycles. The fraction of sp³-hybridized carbons (Fsp3) is 0. The van der Waals surface area contributed by atoms with Crippen LogP contribution in [0.4, 0.5) is 0 Å². The molecule has 0 atom stereocenters. The van der Waals surface area contributed by atoms with Gasteiger partial charge in [0.25, 0.3) is 0 Å². The van der Waals surface area contributed by atoms with E-state index in [1.54, 1.807) is 18.6 Å². The van der Waals surface area contributed by atoms with E-state index in [9.17, 15) is 0 Å². The van der Waals surface area contributed by atoms with Gasteiger partial charge in [0.2, 0.25) is 0 Å². The maximum Gasteiger partial charge on any atom is 0.130 e. The Morgan fingerprint density at radius 1 is 1.42 bits per heavy atom. The first-order valence-electron chi connectivity index (χ1n) is 3.40. The van der Waals surface area contributed by atoms with Crippen LogP contribution in [0.25, 0.3) is 12.2 Å². The number of hydrogen-bond donors (Lipinski definition) is 1. The molecular formula is C7H6N4S. The first-order valence-corrected chi connectivity index (χ1v) is 4.13. The highest BCUT2D eigenvalue weighted by Gasteiger charge is 1.89. The predicted molar refractivity (Wildman–Crippen MR) is 47.4 cm³/mol. The van der Waals surface area contributed by atoms with Crippen molar-refractivity contribution in [1.82, 2.24) is 18.7 Å². The second kappa shape index (κ2) is 3.27. The third-order valence-electron chi connectivity index (χ3n) is 1.31. The van der Waals surface area contributed by atoms with Crippen molar-refractivity contribution in [2.24, 2.45) is 0 Å². The molecule has 2 aromatic heterocycles. The van der Waals surface area contributed by atoms with Gasteiger partial charge in [-0.15, -0.1) is 0 Å². The van der Waals surface area contributed by atoms with Crippen molar-refractivity contribution >= 4 is 23.9 Å². The van der Waals surface area contributed by atoms with E-state index >= 15 is 0 Å². The molecule has 60 valence electrons. The van der Waals surface area contributed by atoms with E-state index in [1.165, 1.54) is 11.7 Å². The minimum atomic E-state index is 0.822. The molecule has 2 heterocycles. The Bertz CT molecular complexity index is 312. The highest BCUT2D eigenvalue weighted by molar-refractivity contribution is 6.99. The van der Waals surface area contributed by atoms with E-state index < -0.39 is 0 Å². The van der Waals surface area contributed by atoms with Gasteiger partial charge >= 0.3 is 0 Å². The number of hydrogen-bond acceptors (Lipinski definition) is 4. The maximum atomic E-state index is 4.03. The lowest BCUT2D eigenvalue weighted by Gasteiger charge is -1.80. The number of imidazole rings is 1. The van der Waals surface area contributed by atoms with Gasteiger partial charge in [-0.3, -0.25) is 0 Å². The minimum absolute atomic E-state index is 0.822. The van der Waals surface area contributed by atoms with Crippen molar-refractivity contribution in [3.8, 4) is 0 Å². The van der Waals surface area contributed by atoms with Gasteiger partial charge in [0, 0.05) is 12.4 Å². The van der Waals surface area contributed by atoms with Crippen molar-refractivity contribution in [2.45, 2.75) is 0 Å². The van der Waals surface area contributed by atoms with Crippen LogP contribution in [0.15, 0.2) is 18.6 Å². The second-order valence-electron chi connectivity index (χ2n) is 2.14. The number of nitrogens with zero attached hydrogens (tertiary/aromatic N) is 3. The Kier molecular flexibility index (Phi) is 1.96. The van der Waals surface area contributed by atoms with E-state index in [-0.39, 0.29) is 0 Å². The molecule has 1 N–H and O–H groups in total. The first-order chi connectivity index (χ1) is 5.95. The van der Waals surface area contributed by atoms with Crippen LogP contribution in [-0.2, 0) is 0 Å². The van der Waals surface area contributed by atoms with Gasteiger partial charge in [-0.2, -0.15) is 8.75 Å². The Balaban J connectivity index is 2.14. The molecule has 0 radical (unpaired) electrons. The number of rotatable bonds is 2. The lowest BCUT2D eigenvalue weighted by molar-refractivity contribution is 1.27. The normalized spacial score (nSPS) is 11.0. The van der Waals surface area contributed by atoms with Gasteiger partial charge in [0.1, 0.15) is 5.82 Å². The van der Waals surface area contributed by atoms with Crippen molar-refractivity contribution in [3.05, 3.63) is 30.1 Å². The van der Waals surface area contributed by atoms with Gasteiger partial charge in [-0.05, 0) is 12.2 Å². The largest absolute Gasteiger partial charge is 0.345 e. The Morgan fingerprint density at radius 2 is 2.42 bits per heavy atom. The molecule has 0 amide bonds. The summed E-state index contributed by atoms with van der Waals surface area (Å²) < 4.78 is 7.89. The van der Waals surface area contributed by atoms with Crippen LogP contribution in [0.3, 0.4) is 0 Å². The summed E-state index contributed by atoms with van der Waals surface area (Å²) in [6, 6.07) is 0. The fourth-order valence-electron chi connectivity index (χ4n) is 0.778. The molecule has 0 bridgehead atoms. The quantitative estimate of drug-likeness (QED) is 0.756. The zero-order valence-corrected chi connectivity index (χ0v) is 6.95. The zero-order valence-electron chi connectivity index (χ0n) is 6.14. The van der Waals surface area contributed by atoms with E-state index in [1.807, 2.05) is 12.2 Å². The molecule has 0 saturated carbocycles. The van der Waals surface area contributed by atoms with E-state index in [4.69, 9.17) is 0 Å². The molecule has 5 heteroatoms. The summed E-state index contributed by atoms with van der Waals surface area (Å²) in [7, 11) is 0. The van der Waals surface area contributed by atoms with Crippen molar-refractivity contribution in [1.29, 1.82) is 0 Å². The summed E-state index contributed by atoms with van der Waals surface area (Å²) in [5, 5.41) is 0. The number of aromatic amines is 1. The number of nitrogens with one attached hydrogen (secondary N) is 1. The second-order valence-corrected chi connectivity index (χ2v) is 2.70. The standard InChI is InChI=1S/C7H6N4S/c1(6-5-10-12-11-6)2-7-8-3-4-9-7/h1-5H,(H,8,9). The van der Waals surface area contributed by atoms with Crippen molar-refractivity contribution < 1.29 is 0 Å². The smallest absolute Gasteiger partial charge is 0.130 e. The molecule has 0 unspecified atom stereocenters. The lowest BCUT2D eigenvalue weighted by Crippen LogP contribution is -1.73. The van der Waals surface area contributed by atoms with Crippen molar-refractivity contribution in [3.63, 3.8) is 0 Å². The number of aromatic nitrogens is 4. The predicted octanol–water partition coefficient (Wildman–Crippen LogP) is 1.43. The third-order valence-corrected chi connectivity index (χ3v) is 1.80. The van der Waals surface area contributed by atoms with Crippen molar-refractivity contribution in [2.75, 3.05) is 0 Å². The summed E-state index contributed by atoms with van der Waals surface area (Å²) in [5.41, 5.74) is 0.858. The Labute approximate surface area is 73.3 Å². The SMILES string of the molecule is C(=Cc1ncc[nH]1)c1cnsn1. The maximum absolute atomic E-state index is 4.03. The van der Waals surface area contributed by atoms with E-state index in [0.29, 0.717) is 0 Å². The summed E-state index contributed by atoms with van der Waals surface area (Å²) in [6.45, 7) is 0. The molecule has 0 aliphatic carbocycles. The summed E-state index contributed by atoms with van der Waals surface area (Å²) in [4.78, 5) is 6.99. The van der Waals surface area contributed by atoms with Crippen LogP contribution >= 0.6 is 11.7 Å². The van der Waals surface area contributed by atoms with E-state index in [2.05, 4.69) is 18.7 Å². The summed E-state index contributed by atoms with van der Waals surface area (Å²) >= 11 is 1.19. The van der Waals surface area contributed by atoms with Gasteiger partial charge in [-0.1, -0.05) is 0 Å². The highest BCUT2D eigenvalue weighted by atomic mass is 32.1. The van der Waals surface area contributed by atoms with Crippen LogP contribution < -0.4 is 0 Å². The van der Waals surface area contributed by atoms with Crippen LogP contribution in [0, 0.1) is 0 Å². The topological polar surface area (TPSA) is 54.5 Å². The molecule has 0 aliphatic heterocycles. The molecule has 0 spiro atoms. The molecule has 0 fully saturated rings. The van der Waals surface area contributed by atoms with Crippen LogP contribution in [0.5, 0.6) is 0 Å². The molecule has 4 nitrogen and oxygen atoms in total. The highest BCUT2D eigenvalue weighted by Crippen LogP contribution is 2.01. The molecule has 2 rings (SSSR count). The minimum Gasteiger partial charge on any atom is -0.345 e. The molecule has 12 heavy (non-hydrogen) atoms. The summed E-state index contributed by atoms with van der Waals surface area (Å²) in [6.07, 6.45) is 8.92. The molecule has 2 aromatic rings. The van der Waals surface area contributed by atoms with Gasteiger partial charge in [0.15, 0.2) is 0 Å². The Morgan fingerprint density at radius 3 is 3.08 bits per heavy atom. The average molecular weight is 178 g/mol. The van der Waals surface area contributed by atoms with E-state index in [0.717, 1.165) is 11.5 Å². The van der Waals surface area contributed by atoms with Gasteiger partial charge in [0.05, 0.1) is 23.6 Å². The van der Waals surface area contributed by atoms with Crippen LogP contribution in [0.1, 0.15) is 11.5 Å². The molecular weight excluding hydrogens is 172 g/mol. The molecule has 0 saturated heterocycles. The van der Waals surface area contributed by atoms with Crippen LogP contribution in [0.2, 0.25) is 0 Å². The average Bonchev–Trinajstić information content (AvgIpc) is 2.74. The van der Waals surface area contributed by atoms with Crippen LogP contribution in [-0.4, -0.2) is 18.7 Å². The lowest BCUT2D eigenvalue weighted by atomic mass is 10.4. The summed E-state index contributed by atoms with van der Waals surface area (Å²) in [5.74, 6) is 0.822. The van der Waals surface area contributed by atoms with Gasteiger partial charge in [-0.25, -0.2) is 4.98 Å². The third kappa shape index (κ3) is 1.57. The Hall–Kier alpha value is -1.49. The van der Waals surface area contributed by atoms with Gasteiger partial charge < -0.3 is 4.98 Å². The first kappa shape index (κ1) is 7.17.